The molecule has 7 heteroatoms. The standard InChI is InChI=1S/C23H18ClFN4O/c1-14-3-4-15(2)20(13-14)29-22(16-5-7-17(24)8-6-16)27-21(28-29)23(30)26-19-11-9-18(25)10-12-19/h3-13H,1-2H3,(H,26,30). The molecule has 0 aliphatic rings. The zero-order valence-electron chi connectivity index (χ0n) is 16.4. The van der Waals surface area contributed by atoms with E-state index >= 15 is 0 Å². The first kappa shape index (κ1) is 19.8. The summed E-state index contributed by atoms with van der Waals surface area (Å²) in [6.45, 7) is 3.96. The van der Waals surface area contributed by atoms with Crippen LogP contribution in [-0.2, 0) is 0 Å². The van der Waals surface area contributed by atoms with Gasteiger partial charge in [0.1, 0.15) is 5.82 Å². The van der Waals surface area contributed by atoms with Crippen LogP contribution in [0.1, 0.15) is 21.7 Å². The van der Waals surface area contributed by atoms with Crippen LogP contribution in [0.4, 0.5) is 10.1 Å². The number of anilines is 1. The van der Waals surface area contributed by atoms with Crippen LogP contribution in [0.5, 0.6) is 0 Å². The average molecular weight is 421 g/mol. The van der Waals surface area contributed by atoms with Crippen molar-refractivity contribution in [3.05, 3.63) is 94.5 Å². The van der Waals surface area contributed by atoms with Crippen LogP contribution in [0.25, 0.3) is 17.1 Å². The Bertz CT molecular complexity index is 1220. The fourth-order valence-corrected chi connectivity index (χ4v) is 3.16. The number of rotatable bonds is 4. The summed E-state index contributed by atoms with van der Waals surface area (Å²) in [4.78, 5) is 17.3. The molecule has 0 aliphatic heterocycles. The van der Waals surface area contributed by atoms with Gasteiger partial charge in [0.2, 0.25) is 5.82 Å². The van der Waals surface area contributed by atoms with E-state index in [0.717, 1.165) is 22.4 Å². The maximum absolute atomic E-state index is 13.1. The first-order valence-corrected chi connectivity index (χ1v) is 9.66. The van der Waals surface area contributed by atoms with Crippen LogP contribution >= 0.6 is 11.6 Å². The smallest absolute Gasteiger partial charge is 0.295 e. The minimum absolute atomic E-state index is 0.00480. The van der Waals surface area contributed by atoms with Gasteiger partial charge in [0.05, 0.1) is 5.69 Å². The zero-order valence-corrected chi connectivity index (χ0v) is 17.1. The van der Waals surface area contributed by atoms with Gasteiger partial charge in [-0.2, -0.15) is 0 Å². The monoisotopic (exact) mass is 420 g/mol. The molecule has 0 fully saturated rings. The Hall–Kier alpha value is -3.51. The molecule has 5 nitrogen and oxygen atoms in total. The first-order chi connectivity index (χ1) is 14.4. The van der Waals surface area contributed by atoms with E-state index in [4.69, 9.17) is 11.6 Å². The number of carbonyl (C=O) groups excluding carboxylic acids is 1. The lowest BCUT2D eigenvalue weighted by molar-refractivity contribution is 0.101. The van der Waals surface area contributed by atoms with Gasteiger partial charge in [-0.05, 0) is 79.6 Å². The van der Waals surface area contributed by atoms with Crippen LogP contribution in [0.3, 0.4) is 0 Å². The van der Waals surface area contributed by atoms with Gasteiger partial charge in [0.25, 0.3) is 5.91 Å². The van der Waals surface area contributed by atoms with Crippen molar-refractivity contribution >= 4 is 23.2 Å². The van der Waals surface area contributed by atoms with Gasteiger partial charge in [-0.1, -0.05) is 23.7 Å². The molecule has 0 spiro atoms. The van der Waals surface area contributed by atoms with E-state index in [2.05, 4.69) is 15.4 Å². The molecule has 0 atom stereocenters. The Balaban J connectivity index is 1.79. The second-order valence-electron chi connectivity index (χ2n) is 6.93. The molecule has 1 heterocycles. The molecule has 4 aromatic rings. The molecule has 0 unspecified atom stereocenters. The Kier molecular flexibility index (Phi) is 5.33. The van der Waals surface area contributed by atoms with Crippen molar-refractivity contribution in [3.63, 3.8) is 0 Å². The van der Waals surface area contributed by atoms with Crippen LogP contribution in [0, 0.1) is 19.7 Å². The van der Waals surface area contributed by atoms with Gasteiger partial charge in [-0.3, -0.25) is 4.79 Å². The zero-order chi connectivity index (χ0) is 21.3. The number of amides is 1. The third-order valence-corrected chi connectivity index (χ3v) is 4.86. The summed E-state index contributed by atoms with van der Waals surface area (Å²) in [7, 11) is 0. The summed E-state index contributed by atoms with van der Waals surface area (Å²) < 4.78 is 14.8. The van der Waals surface area contributed by atoms with E-state index in [9.17, 15) is 9.18 Å². The molecule has 3 aromatic carbocycles. The fourth-order valence-electron chi connectivity index (χ4n) is 3.03. The second kappa shape index (κ2) is 8.08. The second-order valence-corrected chi connectivity index (χ2v) is 7.37. The van der Waals surface area contributed by atoms with Crippen molar-refractivity contribution in [1.29, 1.82) is 0 Å². The van der Waals surface area contributed by atoms with Gasteiger partial charge in [-0.15, -0.1) is 5.10 Å². The van der Waals surface area contributed by atoms with E-state index in [1.54, 1.807) is 16.8 Å². The lowest BCUT2D eigenvalue weighted by atomic mass is 10.1. The highest BCUT2D eigenvalue weighted by molar-refractivity contribution is 6.30. The largest absolute Gasteiger partial charge is 0.319 e. The van der Waals surface area contributed by atoms with Crippen molar-refractivity contribution in [3.8, 4) is 17.1 Å². The molecule has 1 amide bonds. The molecule has 1 aromatic heterocycles. The Labute approximate surface area is 178 Å². The van der Waals surface area contributed by atoms with Gasteiger partial charge < -0.3 is 5.32 Å². The third-order valence-electron chi connectivity index (χ3n) is 4.61. The van der Waals surface area contributed by atoms with Gasteiger partial charge in [0, 0.05) is 16.3 Å². The summed E-state index contributed by atoms with van der Waals surface area (Å²) >= 11 is 6.03. The molecular weight excluding hydrogens is 403 g/mol. The molecular formula is C23H18ClFN4O. The van der Waals surface area contributed by atoms with Crippen LogP contribution in [-0.4, -0.2) is 20.7 Å². The molecule has 0 radical (unpaired) electrons. The van der Waals surface area contributed by atoms with Crippen molar-refractivity contribution in [2.75, 3.05) is 5.32 Å². The summed E-state index contributed by atoms with van der Waals surface area (Å²) in [5.74, 6) is -0.342. The predicted molar refractivity (Wildman–Crippen MR) is 116 cm³/mol. The van der Waals surface area contributed by atoms with Crippen molar-refractivity contribution in [2.45, 2.75) is 13.8 Å². The van der Waals surface area contributed by atoms with Crippen LogP contribution in [0.15, 0.2) is 66.7 Å². The SMILES string of the molecule is Cc1ccc(C)c(-n2nc(C(=O)Nc3ccc(F)cc3)nc2-c2ccc(Cl)cc2)c1. The summed E-state index contributed by atoms with van der Waals surface area (Å²) in [5, 5.41) is 7.78. The number of aromatic nitrogens is 3. The average Bonchev–Trinajstić information content (AvgIpc) is 3.17. The number of nitrogens with zero attached hydrogens (tertiary/aromatic N) is 3. The van der Waals surface area contributed by atoms with E-state index < -0.39 is 5.91 Å². The maximum atomic E-state index is 13.1. The number of nitrogens with one attached hydrogen (secondary N) is 1. The van der Waals surface area contributed by atoms with E-state index in [-0.39, 0.29) is 11.6 Å². The molecule has 1 N–H and O–H groups in total. The maximum Gasteiger partial charge on any atom is 0.295 e. The highest BCUT2D eigenvalue weighted by atomic mass is 35.5. The Morgan fingerprint density at radius 3 is 2.40 bits per heavy atom. The van der Waals surface area contributed by atoms with Crippen molar-refractivity contribution in [2.24, 2.45) is 0 Å². The minimum Gasteiger partial charge on any atom is -0.319 e. The predicted octanol–water partition coefficient (Wildman–Crippen LogP) is 5.60. The number of aryl methyl sites for hydroxylation is 2. The van der Waals surface area contributed by atoms with Gasteiger partial charge in [0.15, 0.2) is 5.82 Å². The highest BCUT2D eigenvalue weighted by Crippen LogP contribution is 2.25. The number of hydrogen-bond acceptors (Lipinski definition) is 3. The molecule has 30 heavy (non-hydrogen) atoms. The number of carbonyl (C=O) groups is 1. The Morgan fingerprint density at radius 2 is 1.70 bits per heavy atom. The number of hydrogen-bond donors (Lipinski definition) is 1. The van der Waals surface area contributed by atoms with Crippen molar-refractivity contribution < 1.29 is 9.18 Å². The number of benzene rings is 3. The summed E-state index contributed by atoms with van der Waals surface area (Å²) in [5.41, 5.74) is 4.11. The van der Waals surface area contributed by atoms with E-state index in [1.807, 2.05) is 44.2 Å². The molecule has 0 aliphatic carbocycles. The topological polar surface area (TPSA) is 59.8 Å². The fraction of sp³-hybridized carbons (Fsp3) is 0.0870. The van der Waals surface area contributed by atoms with Crippen LogP contribution in [0.2, 0.25) is 5.02 Å². The molecule has 150 valence electrons. The van der Waals surface area contributed by atoms with E-state index in [0.29, 0.717) is 16.5 Å². The van der Waals surface area contributed by atoms with Gasteiger partial charge in [-0.25, -0.2) is 14.1 Å². The highest BCUT2D eigenvalue weighted by Gasteiger charge is 2.20. The quantitative estimate of drug-likeness (QED) is 0.467. The number of halogens is 2. The molecule has 0 saturated heterocycles. The molecule has 0 bridgehead atoms. The summed E-state index contributed by atoms with van der Waals surface area (Å²) in [6.07, 6.45) is 0. The first-order valence-electron chi connectivity index (χ1n) is 9.28. The normalized spacial score (nSPS) is 10.8. The Morgan fingerprint density at radius 1 is 1.00 bits per heavy atom. The molecule has 0 saturated carbocycles. The molecule has 4 rings (SSSR count). The summed E-state index contributed by atoms with van der Waals surface area (Å²) in [6, 6.07) is 18.7. The lowest BCUT2D eigenvalue weighted by Crippen LogP contribution is -2.14. The van der Waals surface area contributed by atoms with Gasteiger partial charge >= 0.3 is 0 Å². The van der Waals surface area contributed by atoms with E-state index in [1.165, 1.54) is 24.3 Å². The van der Waals surface area contributed by atoms with Crippen molar-refractivity contribution in [1.82, 2.24) is 14.8 Å². The third kappa shape index (κ3) is 4.09. The minimum atomic E-state index is -0.485. The lowest BCUT2D eigenvalue weighted by Gasteiger charge is -2.10. The van der Waals surface area contributed by atoms with Crippen LogP contribution < -0.4 is 5.32 Å².